The van der Waals surface area contributed by atoms with Gasteiger partial charge in [-0.05, 0) is 13.8 Å². The second-order valence-electron chi connectivity index (χ2n) is 2.75. The molecule has 0 aromatic heterocycles. The van der Waals surface area contributed by atoms with Crippen LogP contribution in [0.1, 0.15) is 13.8 Å². The molecule has 0 heterocycles. The topological polar surface area (TPSA) is 109 Å². The number of hydrogen-bond acceptors (Lipinski definition) is 3. The van der Waals surface area contributed by atoms with E-state index in [0.717, 1.165) is 0 Å². The van der Waals surface area contributed by atoms with Crippen LogP contribution >= 0.6 is 0 Å². The van der Waals surface area contributed by atoms with Crippen LogP contribution in [0.15, 0.2) is 0 Å². The quantitative estimate of drug-likeness (QED) is 0.440. The van der Waals surface area contributed by atoms with Gasteiger partial charge in [-0.15, -0.1) is 0 Å². The molecule has 6 heteroatoms. The summed E-state index contributed by atoms with van der Waals surface area (Å²) in [5.74, 6) is -3.69. The van der Waals surface area contributed by atoms with Gasteiger partial charge in [-0.25, -0.2) is 4.79 Å². The molecular weight excluding hydrogens is 164 g/mol. The van der Waals surface area contributed by atoms with Gasteiger partial charge >= 0.3 is 11.9 Å². The van der Waals surface area contributed by atoms with Crippen LogP contribution < -0.4 is 11.1 Å². The number of hydrogen-bond donors (Lipinski definition) is 3. The van der Waals surface area contributed by atoms with Crippen molar-refractivity contribution in [1.29, 1.82) is 0 Å². The number of amides is 2. The van der Waals surface area contributed by atoms with Crippen molar-refractivity contribution in [3.63, 3.8) is 0 Å². The molecule has 0 radical (unpaired) electrons. The van der Waals surface area contributed by atoms with Gasteiger partial charge < -0.3 is 16.2 Å². The molecule has 12 heavy (non-hydrogen) atoms. The summed E-state index contributed by atoms with van der Waals surface area (Å²) in [7, 11) is 0. The molecule has 6 nitrogen and oxygen atoms in total. The van der Waals surface area contributed by atoms with Crippen molar-refractivity contribution in [3.8, 4) is 0 Å². The van der Waals surface area contributed by atoms with Gasteiger partial charge in [0, 0.05) is 0 Å². The zero-order valence-corrected chi connectivity index (χ0v) is 6.75. The summed E-state index contributed by atoms with van der Waals surface area (Å²) >= 11 is 0. The lowest BCUT2D eigenvalue weighted by Crippen LogP contribution is -2.54. The van der Waals surface area contributed by atoms with Gasteiger partial charge in [0.1, 0.15) is 5.54 Å². The highest BCUT2D eigenvalue weighted by molar-refractivity contribution is 6.32. The molecule has 0 fully saturated rings. The molecule has 68 valence electrons. The summed E-state index contributed by atoms with van der Waals surface area (Å²) in [5, 5.41) is 10.1. The van der Waals surface area contributed by atoms with Gasteiger partial charge in [-0.3, -0.25) is 9.59 Å². The number of carboxylic acid groups (broad SMARTS) is 1. The molecule has 0 aliphatic rings. The lowest BCUT2D eigenvalue weighted by atomic mass is 10.1. The first kappa shape index (κ1) is 10.4. The summed E-state index contributed by atoms with van der Waals surface area (Å²) in [6.45, 7) is 2.63. The summed E-state index contributed by atoms with van der Waals surface area (Å²) in [4.78, 5) is 31.2. The molecule has 2 amide bonds. The Bertz CT molecular complexity index is 234. The third kappa shape index (κ3) is 2.57. The molecule has 0 aromatic rings. The van der Waals surface area contributed by atoms with E-state index in [0.29, 0.717) is 0 Å². The van der Waals surface area contributed by atoms with Crippen LogP contribution in [0.3, 0.4) is 0 Å². The second kappa shape index (κ2) is 3.21. The number of aliphatic carboxylic acids is 1. The van der Waals surface area contributed by atoms with Gasteiger partial charge in [0.15, 0.2) is 0 Å². The van der Waals surface area contributed by atoms with Crippen LogP contribution in [0.2, 0.25) is 0 Å². The van der Waals surface area contributed by atoms with E-state index in [2.05, 4.69) is 0 Å². The molecule has 0 atom stereocenters. The summed E-state index contributed by atoms with van der Waals surface area (Å²) in [6.07, 6.45) is 0. The number of nitrogens with two attached hydrogens (primary N) is 1. The maximum Gasteiger partial charge on any atom is 0.394 e. The number of nitrogens with one attached hydrogen (secondary N) is 1. The van der Waals surface area contributed by atoms with E-state index in [1.165, 1.54) is 13.8 Å². The van der Waals surface area contributed by atoms with E-state index in [1.807, 2.05) is 5.32 Å². The third-order valence-electron chi connectivity index (χ3n) is 1.24. The van der Waals surface area contributed by atoms with Gasteiger partial charge in [0.2, 0.25) is 5.91 Å². The lowest BCUT2D eigenvalue weighted by Gasteiger charge is -2.20. The SMILES string of the molecule is CC(C)(NC(=O)C(=O)O)C(N)=O. The number of primary amides is 1. The fraction of sp³-hybridized carbons (Fsp3) is 0.500. The van der Waals surface area contributed by atoms with Gasteiger partial charge in [-0.2, -0.15) is 0 Å². The maximum absolute atomic E-state index is 10.6. The van der Waals surface area contributed by atoms with Crippen molar-refractivity contribution in [2.75, 3.05) is 0 Å². The molecular formula is C6H10N2O4. The Hall–Kier alpha value is -1.59. The Morgan fingerprint density at radius 3 is 2.00 bits per heavy atom. The standard InChI is InChI=1S/C6H10N2O4/c1-6(2,5(7)12)8-3(9)4(10)11/h1-2H3,(H2,7,12)(H,8,9)(H,10,11). The third-order valence-corrected chi connectivity index (χ3v) is 1.24. The fourth-order valence-corrected chi connectivity index (χ4v) is 0.399. The minimum absolute atomic E-state index is 0.794. The zero-order valence-electron chi connectivity index (χ0n) is 6.75. The number of carboxylic acids is 1. The van der Waals surface area contributed by atoms with Crippen LogP contribution in [0.5, 0.6) is 0 Å². The van der Waals surface area contributed by atoms with E-state index >= 15 is 0 Å². The first-order valence-electron chi connectivity index (χ1n) is 3.12. The number of carbonyl (C=O) groups is 3. The smallest absolute Gasteiger partial charge is 0.394 e. The highest BCUT2D eigenvalue weighted by Gasteiger charge is 2.29. The highest BCUT2D eigenvalue weighted by atomic mass is 16.4. The van der Waals surface area contributed by atoms with E-state index in [1.54, 1.807) is 0 Å². The van der Waals surface area contributed by atoms with Crippen molar-refractivity contribution in [2.24, 2.45) is 5.73 Å². The predicted octanol–water partition coefficient (Wildman–Crippen LogP) is -1.55. The molecule has 0 unspecified atom stereocenters. The van der Waals surface area contributed by atoms with Crippen molar-refractivity contribution < 1.29 is 19.5 Å². The fourth-order valence-electron chi connectivity index (χ4n) is 0.399. The molecule has 0 spiro atoms. The van der Waals surface area contributed by atoms with Crippen molar-refractivity contribution in [3.05, 3.63) is 0 Å². The van der Waals surface area contributed by atoms with Crippen LogP contribution in [-0.4, -0.2) is 28.4 Å². The Kier molecular flexibility index (Phi) is 2.78. The van der Waals surface area contributed by atoms with E-state index < -0.39 is 23.3 Å². The molecule has 4 N–H and O–H groups in total. The van der Waals surface area contributed by atoms with Crippen molar-refractivity contribution in [2.45, 2.75) is 19.4 Å². The highest BCUT2D eigenvalue weighted by Crippen LogP contribution is 1.99. The molecule has 0 bridgehead atoms. The maximum atomic E-state index is 10.6. The second-order valence-corrected chi connectivity index (χ2v) is 2.75. The van der Waals surface area contributed by atoms with Crippen LogP contribution in [0, 0.1) is 0 Å². The number of carbonyl (C=O) groups excluding carboxylic acids is 2. The first-order chi connectivity index (χ1) is 5.27. The first-order valence-corrected chi connectivity index (χ1v) is 3.12. The molecule has 0 aliphatic carbocycles. The molecule has 0 rings (SSSR count). The van der Waals surface area contributed by atoms with Gasteiger partial charge in [0.25, 0.3) is 0 Å². The average molecular weight is 174 g/mol. The van der Waals surface area contributed by atoms with Crippen LogP contribution in [-0.2, 0) is 14.4 Å². The zero-order chi connectivity index (χ0) is 9.94. The van der Waals surface area contributed by atoms with E-state index in [4.69, 9.17) is 10.8 Å². The van der Waals surface area contributed by atoms with Gasteiger partial charge in [0.05, 0.1) is 0 Å². The Morgan fingerprint density at radius 1 is 1.33 bits per heavy atom. The Balaban J connectivity index is 4.35. The summed E-state index contributed by atoms with van der Waals surface area (Å²) in [5.41, 5.74) is 3.53. The Labute approximate surface area is 68.7 Å². The number of rotatable bonds is 2. The summed E-state index contributed by atoms with van der Waals surface area (Å²) in [6, 6.07) is 0. The van der Waals surface area contributed by atoms with E-state index in [9.17, 15) is 14.4 Å². The average Bonchev–Trinajstić information content (AvgIpc) is 1.85. The monoisotopic (exact) mass is 174 g/mol. The molecule has 0 saturated heterocycles. The van der Waals surface area contributed by atoms with Crippen molar-refractivity contribution in [1.82, 2.24) is 5.32 Å². The minimum Gasteiger partial charge on any atom is -0.474 e. The molecule has 0 aliphatic heterocycles. The predicted molar refractivity (Wildman–Crippen MR) is 39.1 cm³/mol. The largest absolute Gasteiger partial charge is 0.474 e. The normalized spacial score (nSPS) is 10.5. The van der Waals surface area contributed by atoms with Crippen LogP contribution in [0.25, 0.3) is 0 Å². The summed E-state index contributed by atoms with van der Waals surface area (Å²) < 4.78 is 0. The molecule has 0 aromatic carbocycles. The lowest BCUT2D eigenvalue weighted by molar-refractivity contribution is -0.151. The Morgan fingerprint density at radius 2 is 1.75 bits per heavy atom. The van der Waals surface area contributed by atoms with Gasteiger partial charge in [-0.1, -0.05) is 0 Å². The van der Waals surface area contributed by atoms with E-state index in [-0.39, 0.29) is 0 Å². The molecule has 0 saturated carbocycles. The van der Waals surface area contributed by atoms with Crippen LogP contribution in [0.4, 0.5) is 0 Å². The van der Waals surface area contributed by atoms with Crippen molar-refractivity contribution >= 4 is 17.8 Å². The minimum atomic E-state index is -1.65.